The number of rotatable bonds is 3. The predicted octanol–water partition coefficient (Wildman–Crippen LogP) is 3.00. The summed E-state index contributed by atoms with van der Waals surface area (Å²) in [5.74, 6) is 0. The first-order valence-electron chi connectivity index (χ1n) is 5.53. The van der Waals surface area contributed by atoms with E-state index in [2.05, 4.69) is 44.4 Å². The highest BCUT2D eigenvalue weighted by Crippen LogP contribution is 2.26. The lowest BCUT2D eigenvalue weighted by molar-refractivity contribution is 0.196. The van der Waals surface area contributed by atoms with E-state index in [0.29, 0.717) is 0 Å². The molecule has 0 spiro atoms. The number of thioether (sulfide) groups is 1. The number of nitrogens with zero attached hydrogens (tertiary/aromatic N) is 1. The highest BCUT2D eigenvalue weighted by molar-refractivity contribution is 8.00. The lowest BCUT2D eigenvalue weighted by Crippen LogP contribution is -2.45. The van der Waals surface area contributed by atoms with Gasteiger partial charge in [-0.2, -0.15) is 11.8 Å². The van der Waals surface area contributed by atoms with Gasteiger partial charge < -0.3 is 0 Å². The molecule has 3 atom stereocenters. The largest absolute Gasteiger partial charge is 0.298 e. The zero-order valence-corrected chi connectivity index (χ0v) is 10.2. The molecular formula is C11H23NS. The first-order chi connectivity index (χ1) is 6.13. The van der Waals surface area contributed by atoms with Crippen molar-refractivity contribution >= 4 is 11.8 Å². The van der Waals surface area contributed by atoms with Crippen molar-refractivity contribution in [1.29, 1.82) is 0 Å². The summed E-state index contributed by atoms with van der Waals surface area (Å²) in [5.41, 5.74) is 0. The van der Waals surface area contributed by atoms with Gasteiger partial charge in [0.2, 0.25) is 0 Å². The van der Waals surface area contributed by atoms with E-state index in [1.54, 1.807) is 0 Å². The molecule has 0 N–H and O–H groups in total. The Morgan fingerprint density at radius 2 is 1.85 bits per heavy atom. The molecule has 0 radical (unpaired) electrons. The van der Waals surface area contributed by atoms with Crippen molar-refractivity contribution in [2.24, 2.45) is 0 Å². The van der Waals surface area contributed by atoms with Crippen LogP contribution < -0.4 is 0 Å². The summed E-state index contributed by atoms with van der Waals surface area (Å²) in [6.45, 7) is 11.9. The van der Waals surface area contributed by atoms with Gasteiger partial charge in [0.1, 0.15) is 0 Å². The van der Waals surface area contributed by atoms with Gasteiger partial charge in [-0.05, 0) is 13.3 Å². The summed E-state index contributed by atoms with van der Waals surface area (Å²) in [5, 5.41) is 1.64. The summed E-state index contributed by atoms with van der Waals surface area (Å²) < 4.78 is 0. The molecule has 0 aliphatic carbocycles. The molecule has 1 fully saturated rings. The average Bonchev–Trinajstić information content (AvgIpc) is 2.03. The molecule has 1 aliphatic rings. The molecule has 0 aromatic heterocycles. The molecule has 1 rings (SSSR count). The maximum Gasteiger partial charge on any atom is 0.0149 e. The molecule has 13 heavy (non-hydrogen) atoms. The minimum absolute atomic E-state index is 0.788. The second-order valence-corrected chi connectivity index (χ2v) is 6.23. The van der Waals surface area contributed by atoms with Crippen LogP contribution in [-0.2, 0) is 0 Å². The summed E-state index contributed by atoms with van der Waals surface area (Å²) >= 11 is 2.14. The molecule has 0 aromatic rings. The smallest absolute Gasteiger partial charge is 0.0149 e. The van der Waals surface area contributed by atoms with Crippen molar-refractivity contribution in [2.75, 3.05) is 13.1 Å². The third-order valence-electron chi connectivity index (χ3n) is 2.78. The fourth-order valence-electron chi connectivity index (χ4n) is 2.18. The topological polar surface area (TPSA) is 3.24 Å². The first kappa shape index (κ1) is 11.4. The van der Waals surface area contributed by atoms with Gasteiger partial charge in [-0.25, -0.2) is 0 Å². The van der Waals surface area contributed by atoms with Crippen molar-refractivity contribution < 1.29 is 0 Å². The molecule has 0 aromatic carbocycles. The number of hydrogen-bond donors (Lipinski definition) is 0. The fraction of sp³-hybridized carbons (Fsp3) is 1.00. The Hall–Kier alpha value is 0.310. The lowest BCUT2D eigenvalue weighted by Gasteiger charge is -2.38. The second-order valence-electron chi connectivity index (χ2n) is 4.35. The average molecular weight is 201 g/mol. The Bertz CT molecular complexity index is 139. The van der Waals surface area contributed by atoms with Crippen LogP contribution in [0.5, 0.6) is 0 Å². The molecule has 1 aliphatic heterocycles. The molecular weight excluding hydrogens is 178 g/mol. The standard InChI is InChI=1S/C11H23NS/c1-5-6-9(2)12-7-10(3)13-11(4)8-12/h9-11H,5-8H2,1-4H3. The third-order valence-corrected chi connectivity index (χ3v) is 4.01. The van der Waals surface area contributed by atoms with Gasteiger partial charge in [-0.1, -0.05) is 27.2 Å². The van der Waals surface area contributed by atoms with Gasteiger partial charge in [0.05, 0.1) is 0 Å². The first-order valence-corrected chi connectivity index (χ1v) is 6.47. The molecule has 2 heteroatoms. The van der Waals surface area contributed by atoms with E-state index < -0.39 is 0 Å². The Labute approximate surface area is 87.3 Å². The monoisotopic (exact) mass is 201 g/mol. The minimum atomic E-state index is 0.788. The molecule has 0 bridgehead atoms. The predicted molar refractivity (Wildman–Crippen MR) is 62.5 cm³/mol. The molecule has 3 unspecified atom stereocenters. The van der Waals surface area contributed by atoms with Crippen LogP contribution in [-0.4, -0.2) is 34.5 Å². The van der Waals surface area contributed by atoms with Gasteiger partial charge in [0.15, 0.2) is 0 Å². The van der Waals surface area contributed by atoms with Crippen molar-refractivity contribution in [1.82, 2.24) is 4.90 Å². The SMILES string of the molecule is CCCC(C)N1CC(C)SC(C)C1. The third kappa shape index (κ3) is 3.51. The van der Waals surface area contributed by atoms with Crippen LogP contribution >= 0.6 is 11.8 Å². The summed E-state index contributed by atoms with van der Waals surface area (Å²) in [4.78, 5) is 2.66. The van der Waals surface area contributed by atoms with Crippen molar-refractivity contribution in [3.63, 3.8) is 0 Å². The van der Waals surface area contributed by atoms with Crippen molar-refractivity contribution in [2.45, 2.75) is 57.1 Å². The van der Waals surface area contributed by atoms with Crippen LogP contribution in [0.15, 0.2) is 0 Å². The van der Waals surface area contributed by atoms with E-state index in [-0.39, 0.29) is 0 Å². The van der Waals surface area contributed by atoms with E-state index >= 15 is 0 Å². The van der Waals surface area contributed by atoms with Gasteiger partial charge in [-0.15, -0.1) is 0 Å². The van der Waals surface area contributed by atoms with Gasteiger partial charge >= 0.3 is 0 Å². The Balaban J connectivity index is 2.40. The van der Waals surface area contributed by atoms with Gasteiger partial charge in [0, 0.05) is 29.6 Å². The Kier molecular flexibility index (Phi) is 4.60. The maximum atomic E-state index is 2.66. The fourth-order valence-corrected chi connectivity index (χ4v) is 3.53. The normalized spacial score (nSPS) is 33.2. The van der Waals surface area contributed by atoms with Crippen LogP contribution in [0, 0.1) is 0 Å². The maximum absolute atomic E-state index is 2.66. The van der Waals surface area contributed by atoms with Crippen LogP contribution in [0.25, 0.3) is 0 Å². The Morgan fingerprint density at radius 3 is 2.31 bits per heavy atom. The van der Waals surface area contributed by atoms with E-state index in [4.69, 9.17) is 0 Å². The van der Waals surface area contributed by atoms with E-state index in [1.807, 2.05) is 0 Å². The Morgan fingerprint density at radius 1 is 1.31 bits per heavy atom. The molecule has 1 nitrogen and oxygen atoms in total. The summed E-state index contributed by atoms with van der Waals surface area (Å²) in [6, 6.07) is 0.788. The van der Waals surface area contributed by atoms with Crippen LogP contribution in [0.4, 0.5) is 0 Å². The second kappa shape index (κ2) is 5.26. The van der Waals surface area contributed by atoms with Crippen LogP contribution in [0.2, 0.25) is 0 Å². The zero-order valence-electron chi connectivity index (χ0n) is 9.42. The van der Waals surface area contributed by atoms with Crippen LogP contribution in [0.1, 0.15) is 40.5 Å². The number of hydrogen-bond acceptors (Lipinski definition) is 2. The minimum Gasteiger partial charge on any atom is -0.298 e. The molecule has 0 amide bonds. The summed E-state index contributed by atoms with van der Waals surface area (Å²) in [7, 11) is 0. The highest BCUT2D eigenvalue weighted by atomic mass is 32.2. The molecule has 1 saturated heterocycles. The van der Waals surface area contributed by atoms with Crippen LogP contribution in [0.3, 0.4) is 0 Å². The van der Waals surface area contributed by atoms with E-state index in [0.717, 1.165) is 16.5 Å². The van der Waals surface area contributed by atoms with E-state index in [1.165, 1.54) is 25.9 Å². The summed E-state index contributed by atoms with van der Waals surface area (Å²) in [6.07, 6.45) is 2.66. The molecule has 78 valence electrons. The molecule has 1 heterocycles. The highest BCUT2D eigenvalue weighted by Gasteiger charge is 2.24. The van der Waals surface area contributed by atoms with Gasteiger partial charge in [-0.3, -0.25) is 4.90 Å². The quantitative estimate of drug-likeness (QED) is 0.690. The zero-order chi connectivity index (χ0) is 9.84. The molecule has 0 saturated carbocycles. The van der Waals surface area contributed by atoms with E-state index in [9.17, 15) is 0 Å². The van der Waals surface area contributed by atoms with Gasteiger partial charge in [0.25, 0.3) is 0 Å². The van der Waals surface area contributed by atoms with Crippen molar-refractivity contribution in [3.05, 3.63) is 0 Å². The van der Waals surface area contributed by atoms with Crippen molar-refractivity contribution in [3.8, 4) is 0 Å². The lowest BCUT2D eigenvalue weighted by atomic mass is 10.1.